The van der Waals surface area contributed by atoms with E-state index in [2.05, 4.69) is 0 Å². The second kappa shape index (κ2) is 8.22. The number of ether oxygens (including phenoxy) is 2. The van der Waals surface area contributed by atoms with Crippen LogP contribution in [-0.2, 0) is 28.6 Å². The molecule has 0 bridgehead atoms. The largest absolute Gasteiger partial charge is 0.465 e. The van der Waals surface area contributed by atoms with E-state index in [1.165, 1.54) is 18.3 Å². The van der Waals surface area contributed by atoms with Gasteiger partial charge in [-0.2, -0.15) is 8.42 Å². The molecule has 0 saturated heterocycles. The molecule has 0 aliphatic carbocycles. The van der Waals surface area contributed by atoms with Crippen LogP contribution in [0.1, 0.15) is 33.3 Å². The summed E-state index contributed by atoms with van der Waals surface area (Å²) >= 11 is 0. The first-order chi connectivity index (χ1) is 12.9. The Balaban J connectivity index is 2.29. The van der Waals surface area contributed by atoms with E-state index in [9.17, 15) is 18.0 Å². The first-order valence-corrected chi connectivity index (χ1v) is 10.2. The Labute approximate surface area is 165 Å². The molecule has 8 nitrogen and oxygen atoms in total. The fraction of sp³-hybridized carbons (Fsp3) is 0.474. The highest BCUT2D eigenvalue weighted by Crippen LogP contribution is 2.29. The fourth-order valence-electron chi connectivity index (χ4n) is 2.42. The number of carbonyl (C=O) groups excluding carboxylic acids is 2. The Morgan fingerprint density at radius 3 is 2.32 bits per heavy atom. The second-order valence-corrected chi connectivity index (χ2v) is 8.87. The number of esters is 1. The highest BCUT2D eigenvalue weighted by molar-refractivity contribution is 7.86. The maximum absolute atomic E-state index is 12.6. The van der Waals surface area contributed by atoms with Gasteiger partial charge in [-0.15, -0.1) is 0 Å². The highest BCUT2D eigenvalue weighted by Gasteiger charge is 2.39. The number of carbonyl (C=O) groups is 2. The van der Waals surface area contributed by atoms with Gasteiger partial charge in [0.1, 0.15) is 16.4 Å². The third-order valence-corrected chi connectivity index (χ3v) is 4.98. The van der Waals surface area contributed by atoms with E-state index in [0.29, 0.717) is 0 Å². The summed E-state index contributed by atoms with van der Waals surface area (Å²) in [5, 5.41) is 0. The molecule has 1 unspecified atom stereocenters. The predicted octanol–water partition coefficient (Wildman–Crippen LogP) is 2.97. The molecule has 1 aromatic carbocycles. The predicted molar refractivity (Wildman–Crippen MR) is 101 cm³/mol. The molecule has 0 N–H and O–H groups in total. The van der Waals surface area contributed by atoms with Gasteiger partial charge in [-0.1, -0.05) is 17.7 Å². The van der Waals surface area contributed by atoms with Crippen LogP contribution in [0.3, 0.4) is 0 Å². The third-order valence-electron chi connectivity index (χ3n) is 3.72. The number of hydrogen-bond donors (Lipinski definition) is 0. The zero-order chi connectivity index (χ0) is 21.1. The summed E-state index contributed by atoms with van der Waals surface area (Å²) in [7, 11) is -4.18. The van der Waals surface area contributed by atoms with Crippen LogP contribution in [0.5, 0.6) is 0 Å². The third kappa shape index (κ3) is 5.48. The Morgan fingerprint density at radius 1 is 1.18 bits per heavy atom. The standard InChI is InChI=1S/C19H25NO7S/c1-6-25-17(21)15-11-20(18(22)26-19(3,4)5)12-16(15)27-28(23,24)14-9-7-13(2)8-10-14/h7-10,12,15H,6,11H2,1-5H3. The maximum Gasteiger partial charge on any atom is 0.414 e. The van der Waals surface area contributed by atoms with E-state index in [-0.39, 0.29) is 23.8 Å². The van der Waals surface area contributed by atoms with Crippen molar-refractivity contribution in [1.29, 1.82) is 0 Å². The van der Waals surface area contributed by atoms with E-state index >= 15 is 0 Å². The molecule has 28 heavy (non-hydrogen) atoms. The van der Waals surface area contributed by atoms with Crippen molar-refractivity contribution in [1.82, 2.24) is 4.90 Å². The zero-order valence-corrected chi connectivity index (χ0v) is 17.4. The maximum atomic E-state index is 12.6. The molecule has 0 fully saturated rings. The summed E-state index contributed by atoms with van der Waals surface area (Å²) in [4.78, 5) is 25.6. The average molecular weight is 411 g/mol. The van der Waals surface area contributed by atoms with Gasteiger partial charge in [-0.3, -0.25) is 9.69 Å². The van der Waals surface area contributed by atoms with Gasteiger partial charge in [0, 0.05) is 6.54 Å². The summed E-state index contributed by atoms with van der Waals surface area (Å²) < 4.78 is 40.6. The summed E-state index contributed by atoms with van der Waals surface area (Å²) in [6, 6.07) is 6.08. The first-order valence-electron chi connectivity index (χ1n) is 8.82. The van der Waals surface area contributed by atoms with Crippen LogP contribution >= 0.6 is 0 Å². The lowest BCUT2D eigenvalue weighted by Gasteiger charge is -2.23. The van der Waals surface area contributed by atoms with Gasteiger partial charge >= 0.3 is 22.2 Å². The molecule has 9 heteroatoms. The van der Waals surface area contributed by atoms with E-state index in [0.717, 1.165) is 10.5 Å². The van der Waals surface area contributed by atoms with Crippen LogP contribution < -0.4 is 0 Å². The summed E-state index contributed by atoms with van der Waals surface area (Å²) in [5.41, 5.74) is 0.140. The topological polar surface area (TPSA) is 99.2 Å². The first kappa shape index (κ1) is 21.7. The van der Waals surface area contributed by atoms with Crippen molar-refractivity contribution in [2.45, 2.75) is 45.1 Å². The van der Waals surface area contributed by atoms with Crippen LogP contribution in [0, 0.1) is 12.8 Å². The van der Waals surface area contributed by atoms with Crippen LogP contribution in [0.15, 0.2) is 41.1 Å². The second-order valence-electron chi connectivity index (χ2n) is 7.32. The van der Waals surface area contributed by atoms with Crippen molar-refractivity contribution in [3.8, 4) is 0 Å². The molecule has 2 rings (SSSR count). The molecule has 154 valence electrons. The van der Waals surface area contributed by atoms with Crippen LogP contribution in [0.4, 0.5) is 4.79 Å². The average Bonchev–Trinajstić information content (AvgIpc) is 2.97. The van der Waals surface area contributed by atoms with E-state index in [1.54, 1.807) is 39.8 Å². The number of hydrogen-bond acceptors (Lipinski definition) is 7. The Kier molecular flexibility index (Phi) is 6.38. The summed E-state index contributed by atoms with van der Waals surface area (Å²) in [6.45, 7) is 8.54. The van der Waals surface area contributed by atoms with Gasteiger partial charge in [0.25, 0.3) is 0 Å². The number of amides is 1. The van der Waals surface area contributed by atoms with Crippen molar-refractivity contribution in [2.24, 2.45) is 5.92 Å². The molecule has 1 aliphatic rings. The lowest BCUT2D eigenvalue weighted by atomic mass is 10.1. The van der Waals surface area contributed by atoms with Crippen molar-refractivity contribution >= 4 is 22.2 Å². The Hall–Kier alpha value is -2.55. The van der Waals surface area contributed by atoms with Gasteiger partial charge in [0.2, 0.25) is 0 Å². The zero-order valence-electron chi connectivity index (χ0n) is 16.6. The van der Waals surface area contributed by atoms with Crippen molar-refractivity contribution in [3.63, 3.8) is 0 Å². The summed E-state index contributed by atoms with van der Waals surface area (Å²) in [5.74, 6) is -1.93. The minimum Gasteiger partial charge on any atom is -0.465 e. The van der Waals surface area contributed by atoms with E-state index < -0.39 is 33.7 Å². The molecular weight excluding hydrogens is 386 g/mol. The van der Waals surface area contributed by atoms with Crippen molar-refractivity contribution in [2.75, 3.05) is 13.2 Å². The number of aryl methyl sites for hydroxylation is 1. The fourth-order valence-corrected chi connectivity index (χ4v) is 3.40. The van der Waals surface area contributed by atoms with Gasteiger partial charge in [0.15, 0.2) is 5.76 Å². The van der Waals surface area contributed by atoms with Crippen LogP contribution in [-0.4, -0.2) is 44.1 Å². The minimum atomic E-state index is -4.18. The SMILES string of the molecule is CCOC(=O)C1CN(C(=O)OC(C)(C)C)C=C1OS(=O)(=O)c1ccc(C)cc1. The van der Waals surface area contributed by atoms with Crippen LogP contribution in [0.2, 0.25) is 0 Å². The number of benzene rings is 1. The quantitative estimate of drug-likeness (QED) is 0.542. The molecular formula is C19H25NO7S. The number of rotatable bonds is 5. The summed E-state index contributed by atoms with van der Waals surface area (Å²) in [6.07, 6.45) is 0.453. The molecule has 0 saturated carbocycles. The molecule has 1 aliphatic heterocycles. The van der Waals surface area contributed by atoms with Gasteiger partial charge in [-0.05, 0) is 46.8 Å². The molecule has 0 aromatic heterocycles. The molecule has 1 amide bonds. The molecule has 1 atom stereocenters. The monoisotopic (exact) mass is 411 g/mol. The van der Waals surface area contributed by atoms with Gasteiger partial charge < -0.3 is 13.7 Å². The van der Waals surface area contributed by atoms with Crippen molar-refractivity contribution in [3.05, 3.63) is 41.8 Å². The number of nitrogens with zero attached hydrogens (tertiary/aromatic N) is 1. The lowest BCUT2D eigenvalue weighted by Crippen LogP contribution is -2.35. The molecule has 1 heterocycles. The Bertz CT molecular complexity index is 867. The minimum absolute atomic E-state index is 0.0580. The smallest absolute Gasteiger partial charge is 0.414 e. The van der Waals surface area contributed by atoms with Crippen LogP contribution in [0.25, 0.3) is 0 Å². The van der Waals surface area contributed by atoms with Crippen molar-refractivity contribution < 1.29 is 31.7 Å². The normalized spacial score (nSPS) is 17.1. The molecule has 1 aromatic rings. The van der Waals surface area contributed by atoms with E-state index in [4.69, 9.17) is 13.7 Å². The van der Waals surface area contributed by atoms with Gasteiger partial charge in [-0.25, -0.2) is 4.79 Å². The lowest BCUT2D eigenvalue weighted by molar-refractivity contribution is -0.147. The highest BCUT2D eigenvalue weighted by atomic mass is 32.2. The van der Waals surface area contributed by atoms with Gasteiger partial charge in [0.05, 0.1) is 12.8 Å². The van der Waals surface area contributed by atoms with E-state index in [1.807, 2.05) is 6.92 Å². The molecule has 0 radical (unpaired) electrons. The molecule has 0 spiro atoms. The Morgan fingerprint density at radius 2 is 1.79 bits per heavy atom.